The molecule has 2 aromatic heterocycles. The molecule has 2 saturated heterocycles. The van der Waals surface area contributed by atoms with Gasteiger partial charge in [0.15, 0.2) is 0 Å². The van der Waals surface area contributed by atoms with Crippen LogP contribution in [0.25, 0.3) is 11.1 Å². The van der Waals surface area contributed by atoms with Crippen LogP contribution in [0.15, 0.2) is 48.8 Å². The molecule has 2 aliphatic rings. The molecule has 2 fully saturated rings. The number of anilines is 2. The number of hydrogen-bond acceptors (Lipinski definition) is 8. The van der Waals surface area contributed by atoms with E-state index in [4.69, 9.17) is 19.2 Å². The lowest BCUT2D eigenvalue weighted by molar-refractivity contribution is -0.137. The molecule has 13 heteroatoms. The maximum absolute atomic E-state index is 13.2. The quantitative estimate of drug-likeness (QED) is 0.333. The maximum atomic E-state index is 13.2. The number of aryl methyl sites for hydroxylation is 1. The number of nitrogens with one attached hydrogen (secondary N) is 1. The first-order valence-corrected chi connectivity index (χ1v) is 15.2. The zero-order valence-electron chi connectivity index (χ0n) is 26.3. The van der Waals surface area contributed by atoms with Gasteiger partial charge in [0.1, 0.15) is 17.4 Å². The monoisotopic (exact) mass is 641 g/mol. The first-order chi connectivity index (χ1) is 21.8. The summed E-state index contributed by atoms with van der Waals surface area (Å²) in [5, 5.41) is 2.66. The number of carbonyl (C=O) groups excluding carboxylic acids is 2. The summed E-state index contributed by atoms with van der Waals surface area (Å²) in [7, 11) is 0. The molecule has 3 aromatic rings. The van der Waals surface area contributed by atoms with Gasteiger partial charge in [0.05, 0.1) is 30.7 Å². The van der Waals surface area contributed by atoms with Crippen LogP contribution in [0.5, 0.6) is 5.88 Å². The van der Waals surface area contributed by atoms with Gasteiger partial charge in [0.2, 0.25) is 5.88 Å². The highest BCUT2D eigenvalue weighted by Crippen LogP contribution is 2.35. The Bertz CT molecular complexity index is 1560. The van der Waals surface area contributed by atoms with Gasteiger partial charge in [-0.1, -0.05) is 6.07 Å². The van der Waals surface area contributed by atoms with Crippen molar-refractivity contribution in [1.82, 2.24) is 14.9 Å². The zero-order valence-corrected chi connectivity index (χ0v) is 26.3. The van der Waals surface area contributed by atoms with Gasteiger partial charge >= 0.3 is 12.3 Å². The lowest BCUT2D eigenvalue weighted by Crippen LogP contribution is -2.44. The number of amides is 2. The number of alkyl halides is 3. The Hall–Kier alpha value is -4.39. The molecule has 0 atom stereocenters. The number of piperidine rings is 1. The molecule has 0 spiro atoms. The minimum atomic E-state index is -4.56. The van der Waals surface area contributed by atoms with Crippen molar-refractivity contribution in [2.75, 3.05) is 49.6 Å². The van der Waals surface area contributed by atoms with Crippen molar-refractivity contribution >= 4 is 23.4 Å². The van der Waals surface area contributed by atoms with E-state index in [0.717, 1.165) is 23.4 Å². The van der Waals surface area contributed by atoms with Crippen molar-refractivity contribution in [3.63, 3.8) is 0 Å². The summed E-state index contributed by atoms with van der Waals surface area (Å²) in [4.78, 5) is 38.3. The van der Waals surface area contributed by atoms with E-state index in [1.54, 1.807) is 17.2 Å². The van der Waals surface area contributed by atoms with Crippen molar-refractivity contribution < 1.29 is 37.0 Å². The highest BCUT2D eigenvalue weighted by Gasteiger charge is 2.31. The molecular formula is C33H38F3N5O5. The lowest BCUT2D eigenvalue weighted by atomic mass is 10.0. The highest BCUT2D eigenvalue weighted by atomic mass is 19.4. The second kappa shape index (κ2) is 13.5. The lowest BCUT2D eigenvalue weighted by Gasteiger charge is -2.34. The molecule has 1 aromatic carbocycles. The van der Waals surface area contributed by atoms with Gasteiger partial charge in [-0.25, -0.2) is 9.78 Å². The van der Waals surface area contributed by atoms with Crippen molar-refractivity contribution in [2.24, 2.45) is 0 Å². The molecule has 4 heterocycles. The van der Waals surface area contributed by atoms with E-state index >= 15 is 0 Å². The fourth-order valence-corrected chi connectivity index (χ4v) is 5.28. The Labute approximate surface area is 265 Å². The Kier molecular flexibility index (Phi) is 9.71. The molecule has 0 unspecified atom stereocenters. The van der Waals surface area contributed by atoms with Gasteiger partial charge < -0.3 is 29.3 Å². The fraction of sp³-hybridized carbons (Fsp3) is 0.455. The Morgan fingerprint density at radius 3 is 2.37 bits per heavy atom. The number of aromatic nitrogens is 2. The third-order valence-electron chi connectivity index (χ3n) is 7.66. The molecule has 0 saturated carbocycles. The molecule has 10 nitrogen and oxygen atoms in total. The smallest absolute Gasteiger partial charge is 0.416 e. The summed E-state index contributed by atoms with van der Waals surface area (Å²) in [6.45, 7) is 10.8. The van der Waals surface area contributed by atoms with E-state index in [-0.39, 0.29) is 17.8 Å². The summed E-state index contributed by atoms with van der Waals surface area (Å²) in [6.07, 6.45) is -0.648. The molecule has 46 heavy (non-hydrogen) atoms. The first kappa shape index (κ1) is 33.0. The van der Waals surface area contributed by atoms with Gasteiger partial charge in [-0.2, -0.15) is 13.2 Å². The largest absolute Gasteiger partial charge is 0.473 e. The van der Waals surface area contributed by atoms with Crippen molar-refractivity contribution in [3.8, 4) is 17.0 Å². The van der Waals surface area contributed by atoms with E-state index in [0.29, 0.717) is 75.1 Å². The molecule has 2 amide bonds. The molecule has 0 bridgehead atoms. The average molecular weight is 642 g/mol. The molecule has 246 valence electrons. The van der Waals surface area contributed by atoms with Crippen LogP contribution in [0.4, 0.5) is 29.3 Å². The van der Waals surface area contributed by atoms with Crippen molar-refractivity contribution in [2.45, 2.75) is 58.4 Å². The Balaban J connectivity index is 1.35. The molecular weight excluding hydrogens is 603 g/mol. The normalized spacial score (nSPS) is 16.2. The maximum Gasteiger partial charge on any atom is 0.416 e. The van der Waals surface area contributed by atoms with Gasteiger partial charge in [-0.15, -0.1) is 0 Å². The third kappa shape index (κ3) is 8.25. The minimum Gasteiger partial charge on any atom is -0.473 e. The van der Waals surface area contributed by atoms with Crippen LogP contribution in [0.2, 0.25) is 0 Å². The number of halogens is 3. The zero-order chi connectivity index (χ0) is 33.1. The average Bonchev–Trinajstić information content (AvgIpc) is 3.02. The molecule has 5 rings (SSSR count). The van der Waals surface area contributed by atoms with Crippen LogP contribution in [0.3, 0.4) is 0 Å². The van der Waals surface area contributed by atoms with E-state index in [1.165, 1.54) is 18.3 Å². The third-order valence-corrected chi connectivity index (χ3v) is 7.66. The molecule has 2 aliphatic heterocycles. The number of morpholine rings is 1. The second-order valence-corrected chi connectivity index (χ2v) is 12.3. The minimum absolute atomic E-state index is 0.119. The summed E-state index contributed by atoms with van der Waals surface area (Å²) in [5.41, 5.74) is 1.63. The van der Waals surface area contributed by atoms with Crippen LogP contribution in [0, 0.1) is 6.92 Å². The number of ether oxygens (including phenoxy) is 3. The molecule has 1 N–H and O–H groups in total. The summed E-state index contributed by atoms with van der Waals surface area (Å²) >= 11 is 0. The summed E-state index contributed by atoms with van der Waals surface area (Å²) < 4.78 is 57.0. The van der Waals surface area contributed by atoms with E-state index in [2.05, 4.69) is 15.2 Å². The van der Waals surface area contributed by atoms with Crippen molar-refractivity contribution in [3.05, 3.63) is 65.6 Å². The number of hydrogen-bond donors (Lipinski definition) is 1. The highest BCUT2D eigenvalue weighted by molar-refractivity contribution is 6.04. The van der Waals surface area contributed by atoms with Crippen LogP contribution in [-0.2, 0) is 15.7 Å². The number of benzene rings is 1. The van der Waals surface area contributed by atoms with Gasteiger partial charge in [-0.05, 0) is 58.0 Å². The second-order valence-electron chi connectivity index (χ2n) is 12.3. The number of pyridine rings is 2. The number of carbonyl (C=O) groups is 2. The van der Waals surface area contributed by atoms with Gasteiger partial charge in [0, 0.05) is 67.6 Å². The predicted octanol–water partition coefficient (Wildman–Crippen LogP) is 6.34. The Morgan fingerprint density at radius 1 is 0.978 bits per heavy atom. The van der Waals surface area contributed by atoms with Crippen LogP contribution in [-0.4, -0.2) is 78.0 Å². The van der Waals surface area contributed by atoms with Crippen LogP contribution < -0.4 is 15.0 Å². The van der Waals surface area contributed by atoms with E-state index < -0.39 is 23.2 Å². The number of nitrogens with zero attached hydrogens (tertiary/aromatic N) is 4. The van der Waals surface area contributed by atoms with E-state index in [9.17, 15) is 22.8 Å². The first-order valence-electron chi connectivity index (χ1n) is 15.2. The van der Waals surface area contributed by atoms with Crippen LogP contribution >= 0.6 is 0 Å². The number of likely N-dealkylation sites (tertiary alicyclic amines) is 1. The Morgan fingerprint density at radius 2 is 1.70 bits per heavy atom. The van der Waals surface area contributed by atoms with Crippen molar-refractivity contribution in [1.29, 1.82) is 0 Å². The molecule has 0 aliphatic carbocycles. The predicted molar refractivity (Wildman–Crippen MR) is 166 cm³/mol. The number of rotatable bonds is 6. The fourth-order valence-electron chi connectivity index (χ4n) is 5.28. The standard InChI is InChI=1S/C33H38F3N5O5/c1-21-27(18-25(20-37-21)39-29(42)22-6-5-7-24(16-22)33(34,35)36)23-17-28(40-12-14-44-15-13-40)30(38-19-23)45-26-8-10-41(11-9-26)31(43)46-32(2,3)4/h5-7,16-20,26H,8-15H2,1-4H3,(H,39,42). The SMILES string of the molecule is Cc1ncc(NC(=O)c2cccc(C(F)(F)F)c2)cc1-c1cnc(OC2CCN(C(=O)OC(C)(C)C)CC2)c(N2CCOCC2)c1. The van der Waals surface area contributed by atoms with E-state index in [1.807, 2.05) is 33.8 Å². The molecule has 0 radical (unpaired) electrons. The summed E-state index contributed by atoms with van der Waals surface area (Å²) in [5.74, 6) is -0.211. The summed E-state index contributed by atoms with van der Waals surface area (Å²) in [6, 6.07) is 7.94. The van der Waals surface area contributed by atoms with Gasteiger partial charge in [-0.3, -0.25) is 9.78 Å². The topological polar surface area (TPSA) is 106 Å². The van der Waals surface area contributed by atoms with Crippen LogP contribution in [0.1, 0.15) is 55.2 Å². The van der Waals surface area contributed by atoms with Gasteiger partial charge in [0.25, 0.3) is 5.91 Å².